The summed E-state index contributed by atoms with van der Waals surface area (Å²) in [5.41, 5.74) is 2.68. The third kappa shape index (κ3) is 3.67. The molecule has 3 rings (SSSR count). The van der Waals surface area contributed by atoms with Crippen molar-refractivity contribution in [1.29, 1.82) is 0 Å². The van der Waals surface area contributed by atoms with Gasteiger partial charge in [0.05, 0.1) is 11.4 Å². The van der Waals surface area contributed by atoms with Crippen LogP contribution in [0.3, 0.4) is 0 Å². The zero-order valence-electron chi connectivity index (χ0n) is 13.8. The number of alkyl halides is 2. The molecule has 130 valence electrons. The third-order valence-electron chi connectivity index (χ3n) is 4.36. The highest BCUT2D eigenvalue weighted by Gasteiger charge is 2.25. The van der Waals surface area contributed by atoms with E-state index in [0.717, 1.165) is 36.5 Å². The fourth-order valence-corrected chi connectivity index (χ4v) is 3.06. The highest BCUT2D eigenvalue weighted by molar-refractivity contribution is 5.59. The molecule has 7 heteroatoms. The lowest BCUT2D eigenvalue weighted by Crippen LogP contribution is -2.32. The summed E-state index contributed by atoms with van der Waals surface area (Å²) in [6, 6.07) is 7.20. The van der Waals surface area contributed by atoms with E-state index in [2.05, 4.69) is 20.1 Å². The van der Waals surface area contributed by atoms with E-state index in [4.69, 9.17) is 4.52 Å². The molecular weight excluding hydrogens is 316 g/mol. The highest BCUT2D eigenvalue weighted by Crippen LogP contribution is 2.31. The van der Waals surface area contributed by atoms with E-state index in [1.807, 2.05) is 26.0 Å². The number of aromatic nitrogens is 1. The van der Waals surface area contributed by atoms with Gasteiger partial charge in [0.2, 0.25) is 0 Å². The van der Waals surface area contributed by atoms with Crippen LogP contribution in [0.1, 0.15) is 23.4 Å². The van der Waals surface area contributed by atoms with Crippen LogP contribution in [0.15, 0.2) is 28.8 Å². The summed E-state index contributed by atoms with van der Waals surface area (Å²) in [7, 11) is 0. The molecule has 1 fully saturated rings. The van der Waals surface area contributed by atoms with Gasteiger partial charge in [0.15, 0.2) is 0 Å². The van der Waals surface area contributed by atoms with Crippen LogP contribution >= 0.6 is 0 Å². The summed E-state index contributed by atoms with van der Waals surface area (Å²) >= 11 is 0. The topological polar surface area (TPSA) is 50.5 Å². The van der Waals surface area contributed by atoms with Gasteiger partial charge in [-0.15, -0.1) is 0 Å². The number of hydrogen-bond donors (Lipinski definition) is 1. The average Bonchev–Trinajstić information content (AvgIpc) is 3.13. The summed E-state index contributed by atoms with van der Waals surface area (Å²) < 4.78 is 34.9. The Bertz CT molecular complexity index is 671. The number of benzene rings is 1. The lowest BCUT2D eigenvalue weighted by Gasteiger charge is -2.22. The Kier molecular flexibility index (Phi) is 4.99. The van der Waals surface area contributed by atoms with Crippen molar-refractivity contribution in [3.8, 4) is 5.75 Å². The van der Waals surface area contributed by atoms with Crippen LogP contribution < -0.4 is 15.0 Å². The predicted molar refractivity (Wildman–Crippen MR) is 86.5 cm³/mol. The van der Waals surface area contributed by atoms with Crippen molar-refractivity contribution in [2.24, 2.45) is 0 Å². The fraction of sp³-hybridized carbons (Fsp3) is 0.471. The van der Waals surface area contributed by atoms with E-state index >= 15 is 0 Å². The maximum absolute atomic E-state index is 12.5. The molecule has 1 atom stereocenters. The summed E-state index contributed by atoms with van der Waals surface area (Å²) in [6.07, 6.45) is 0.937. The van der Waals surface area contributed by atoms with Gasteiger partial charge in [-0.2, -0.15) is 8.78 Å². The zero-order chi connectivity index (χ0) is 17.1. The molecule has 1 aromatic heterocycles. The molecule has 1 aliphatic rings. The number of anilines is 1. The number of ether oxygens (including phenoxy) is 1. The smallest absolute Gasteiger partial charge is 0.387 e. The number of rotatable bonds is 6. The number of nitrogens with one attached hydrogen (secondary N) is 1. The maximum atomic E-state index is 12.5. The van der Waals surface area contributed by atoms with Gasteiger partial charge in [0, 0.05) is 31.2 Å². The van der Waals surface area contributed by atoms with Crippen LogP contribution in [0, 0.1) is 13.8 Å². The Labute approximate surface area is 139 Å². The minimum Gasteiger partial charge on any atom is -0.433 e. The Morgan fingerprint density at radius 1 is 1.38 bits per heavy atom. The largest absolute Gasteiger partial charge is 0.433 e. The van der Waals surface area contributed by atoms with Crippen molar-refractivity contribution < 1.29 is 18.0 Å². The molecule has 2 heterocycles. The first-order valence-electron chi connectivity index (χ1n) is 7.98. The molecule has 0 spiro atoms. The normalized spacial score (nSPS) is 17.7. The first-order chi connectivity index (χ1) is 11.5. The van der Waals surface area contributed by atoms with Gasteiger partial charge in [0.1, 0.15) is 11.5 Å². The molecule has 1 N–H and O–H groups in total. The van der Waals surface area contributed by atoms with E-state index in [1.54, 1.807) is 12.1 Å². The molecular formula is C17H21F2N3O2. The molecule has 1 aromatic carbocycles. The summed E-state index contributed by atoms with van der Waals surface area (Å²) in [6.45, 7) is 3.23. The molecule has 0 saturated carbocycles. The Morgan fingerprint density at radius 3 is 2.88 bits per heavy atom. The van der Waals surface area contributed by atoms with Crippen LogP contribution in [0.25, 0.3) is 0 Å². The lowest BCUT2D eigenvalue weighted by atomic mass is 10.2. The first-order valence-corrected chi connectivity index (χ1v) is 7.98. The highest BCUT2D eigenvalue weighted by atomic mass is 19.3. The standard InChI is InChI=1S/C17H21F2N3O2/c1-11-14(12(2)24-21-11)9-20-13-7-8-22(10-13)15-5-3-4-6-16(15)23-17(18)19/h3-6,13,17,20H,7-10H2,1-2H3/t13-/m0/s1. The van der Waals surface area contributed by atoms with Crippen molar-refractivity contribution >= 4 is 5.69 Å². The number of halogens is 2. The Balaban J connectivity index is 1.62. The zero-order valence-corrected chi connectivity index (χ0v) is 13.8. The Morgan fingerprint density at radius 2 is 2.17 bits per heavy atom. The molecule has 0 unspecified atom stereocenters. The van der Waals surface area contributed by atoms with Gasteiger partial charge < -0.3 is 19.5 Å². The monoisotopic (exact) mass is 337 g/mol. The van der Waals surface area contributed by atoms with Gasteiger partial charge in [-0.1, -0.05) is 17.3 Å². The number of hydrogen-bond acceptors (Lipinski definition) is 5. The van der Waals surface area contributed by atoms with Crippen LogP contribution in [0.4, 0.5) is 14.5 Å². The predicted octanol–water partition coefficient (Wildman–Crippen LogP) is 3.26. The average molecular weight is 337 g/mol. The van der Waals surface area contributed by atoms with Gasteiger partial charge >= 0.3 is 6.61 Å². The van der Waals surface area contributed by atoms with Crippen LogP contribution in [0.2, 0.25) is 0 Å². The first kappa shape index (κ1) is 16.7. The summed E-state index contributed by atoms with van der Waals surface area (Å²) in [5.74, 6) is 1.05. The molecule has 5 nitrogen and oxygen atoms in total. The molecule has 0 amide bonds. The Hall–Kier alpha value is -2.15. The molecule has 1 aliphatic heterocycles. The molecule has 0 aliphatic carbocycles. The minimum atomic E-state index is -2.82. The van der Waals surface area contributed by atoms with E-state index < -0.39 is 6.61 Å². The SMILES string of the molecule is Cc1noc(C)c1CN[C@H]1CCN(c2ccccc2OC(F)F)C1. The van der Waals surface area contributed by atoms with Crippen molar-refractivity contribution in [3.63, 3.8) is 0 Å². The molecule has 0 radical (unpaired) electrons. The third-order valence-corrected chi connectivity index (χ3v) is 4.36. The van der Waals surface area contributed by atoms with Gasteiger partial charge in [-0.3, -0.25) is 0 Å². The number of aryl methyl sites for hydroxylation is 2. The number of nitrogens with zero attached hydrogens (tertiary/aromatic N) is 2. The van der Waals surface area contributed by atoms with E-state index in [0.29, 0.717) is 12.2 Å². The maximum Gasteiger partial charge on any atom is 0.387 e. The van der Waals surface area contributed by atoms with Gasteiger partial charge in [0.25, 0.3) is 0 Å². The second kappa shape index (κ2) is 7.17. The van der Waals surface area contributed by atoms with E-state index in [-0.39, 0.29) is 11.8 Å². The van der Waals surface area contributed by atoms with Crippen LogP contribution in [0.5, 0.6) is 5.75 Å². The van der Waals surface area contributed by atoms with Crippen molar-refractivity contribution in [2.45, 2.75) is 39.5 Å². The van der Waals surface area contributed by atoms with Crippen molar-refractivity contribution in [1.82, 2.24) is 10.5 Å². The van der Waals surface area contributed by atoms with Gasteiger partial charge in [-0.25, -0.2) is 0 Å². The second-order valence-corrected chi connectivity index (χ2v) is 5.96. The number of para-hydroxylation sites is 2. The van der Waals surface area contributed by atoms with Crippen molar-refractivity contribution in [2.75, 3.05) is 18.0 Å². The quantitative estimate of drug-likeness (QED) is 0.877. The molecule has 0 bridgehead atoms. The van der Waals surface area contributed by atoms with Crippen molar-refractivity contribution in [3.05, 3.63) is 41.3 Å². The minimum absolute atomic E-state index is 0.221. The van der Waals surface area contributed by atoms with Crippen LogP contribution in [-0.2, 0) is 6.54 Å². The lowest BCUT2D eigenvalue weighted by molar-refractivity contribution is -0.0495. The summed E-state index contributed by atoms with van der Waals surface area (Å²) in [5, 5.41) is 7.45. The molecule has 24 heavy (non-hydrogen) atoms. The summed E-state index contributed by atoms with van der Waals surface area (Å²) in [4.78, 5) is 2.07. The molecule has 2 aromatic rings. The van der Waals surface area contributed by atoms with E-state index in [1.165, 1.54) is 0 Å². The second-order valence-electron chi connectivity index (χ2n) is 5.96. The van der Waals surface area contributed by atoms with Crippen LogP contribution in [-0.4, -0.2) is 30.9 Å². The molecule has 1 saturated heterocycles. The van der Waals surface area contributed by atoms with E-state index in [9.17, 15) is 8.78 Å². The fourth-order valence-electron chi connectivity index (χ4n) is 3.06. The van der Waals surface area contributed by atoms with Gasteiger partial charge in [-0.05, 0) is 32.4 Å².